The third-order valence-corrected chi connectivity index (χ3v) is 4.00. The Morgan fingerprint density at radius 1 is 1.64 bits per heavy atom. The van der Waals surface area contributed by atoms with E-state index in [1.807, 2.05) is 0 Å². The van der Waals surface area contributed by atoms with Gasteiger partial charge in [0, 0.05) is 5.75 Å². The largest absolute Gasteiger partial charge is 0.480 e. The van der Waals surface area contributed by atoms with Crippen molar-refractivity contribution in [1.29, 1.82) is 0 Å². The van der Waals surface area contributed by atoms with Gasteiger partial charge in [-0.25, -0.2) is 0 Å². The Morgan fingerprint density at radius 2 is 2.36 bits per heavy atom. The minimum absolute atomic E-state index is 0.156. The fourth-order valence-electron chi connectivity index (χ4n) is 1.56. The first kappa shape index (κ1) is 7.43. The van der Waals surface area contributed by atoms with Crippen LogP contribution < -0.4 is 5.32 Å². The second kappa shape index (κ2) is 2.38. The van der Waals surface area contributed by atoms with E-state index in [2.05, 4.69) is 5.32 Å². The average molecular weight is 173 g/mol. The number of nitrogens with one attached hydrogen (secondary N) is 1. The lowest BCUT2D eigenvalue weighted by Gasteiger charge is -2.37. The van der Waals surface area contributed by atoms with Gasteiger partial charge in [0.25, 0.3) is 0 Å². The van der Waals surface area contributed by atoms with E-state index in [-0.39, 0.29) is 10.9 Å². The van der Waals surface area contributed by atoms with Crippen molar-refractivity contribution < 1.29 is 9.90 Å². The lowest BCUT2D eigenvalue weighted by atomic mass is 9.91. The number of carboxylic acids is 1. The summed E-state index contributed by atoms with van der Waals surface area (Å²) in [6, 6.07) is -0.305. The maximum Gasteiger partial charge on any atom is 0.321 e. The third kappa shape index (κ3) is 1.14. The molecule has 2 fully saturated rings. The molecule has 2 aliphatic rings. The van der Waals surface area contributed by atoms with E-state index in [0.717, 1.165) is 18.6 Å². The summed E-state index contributed by atoms with van der Waals surface area (Å²) < 4.78 is 0. The van der Waals surface area contributed by atoms with Crippen molar-refractivity contribution in [2.24, 2.45) is 0 Å². The van der Waals surface area contributed by atoms with Crippen molar-refractivity contribution >= 4 is 17.7 Å². The molecular weight excluding hydrogens is 162 g/mol. The molecule has 1 atom stereocenters. The van der Waals surface area contributed by atoms with Crippen LogP contribution in [0.1, 0.15) is 19.3 Å². The predicted molar refractivity (Wildman–Crippen MR) is 43.6 cm³/mol. The summed E-state index contributed by atoms with van der Waals surface area (Å²) in [6.07, 6.45) is 3.52. The fraction of sp³-hybridized carbons (Fsp3) is 0.857. The molecule has 3 nitrogen and oxygen atoms in total. The van der Waals surface area contributed by atoms with Gasteiger partial charge < -0.3 is 5.11 Å². The molecule has 1 aliphatic heterocycles. The number of carbonyl (C=O) groups is 1. The highest BCUT2D eigenvalue weighted by atomic mass is 32.2. The average Bonchev–Trinajstić information content (AvgIpc) is 2.28. The highest BCUT2D eigenvalue weighted by molar-refractivity contribution is 8.01. The van der Waals surface area contributed by atoms with E-state index in [0.29, 0.717) is 0 Å². The van der Waals surface area contributed by atoms with Gasteiger partial charge in [-0.05, 0) is 19.3 Å². The van der Waals surface area contributed by atoms with Crippen LogP contribution in [0.15, 0.2) is 0 Å². The van der Waals surface area contributed by atoms with Crippen molar-refractivity contribution in [3.05, 3.63) is 0 Å². The van der Waals surface area contributed by atoms with Crippen molar-refractivity contribution in [2.75, 3.05) is 5.75 Å². The van der Waals surface area contributed by atoms with Crippen LogP contribution in [0.5, 0.6) is 0 Å². The molecule has 1 aliphatic carbocycles. The Hall–Kier alpha value is -0.220. The molecule has 1 heterocycles. The summed E-state index contributed by atoms with van der Waals surface area (Å²) in [5.41, 5.74) is 0. The summed E-state index contributed by atoms with van der Waals surface area (Å²) in [6.45, 7) is 0. The van der Waals surface area contributed by atoms with Gasteiger partial charge in [0.15, 0.2) is 0 Å². The van der Waals surface area contributed by atoms with Crippen LogP contribution in [0.4, 0.5) is 0 Å². The second-order valence-electron chi connectivity index (χ2n) is 3.19. The number of hydrogen-bond acceptors (Lipinski definition) is 3. The van der Waals surface area contributed by atoms with Crippen LogP contribution in [-0.2, 0) is 4.79 Å². The summed E-state index contributed by atoms with van der Waals surface area (Å²) in [5.74, 6) is 0.0243. The molecule has 4 heteroatoms. The molecule has 62 valence electrons. The van der Waals surface area contributed by atoms with Crippen LogP contribution in [-0.4, -0.2) is 27.7 Å². The van der Waals surface area contributed by atoms with E-state index in [1.54, 1.807) is 11.8 Å². The Bertz CT molecular complexity index is 191. The van der Waals surface area contributed by atoms with Gasteiger partial charge in [-0.15, -0.1) is 11.8 Å². The molecule has 0 radical (unpaired) electrons. The topological polar surface area (TPSA) is 49.3 Å². The lowest BCUT2D eigenvalue weighted by molar-refractivity contribution is -0.139. The molecule has 0 aromatic carbocycles. The Labute approximate surface area is 69.5 Å². The summed E-state index contributed by atoms with van der Waals surface area (Å²) in [5, 5.41) is 11.9. The maximum atomic E-state index is 10.6. The number of aliphatic carboxylic acids is 1. The number of thioether (sulfide) groups is 1. The van der Waals surface area contributed by atoms with Crippen molar-refractivity contribution in [3.63, 3.8) is 0 Å². The zero-order valence-corrected chi connectivity index (χ0v) is 6.99. The van der Waals surface area contributed by atoms with E-state index < -0.39 is 5.97 Å². The first-order chi connectivity index (χ1) is 5.22. The molecule has 2 rings (SSSR count). The molecule has 11 heavy (non-hydrogen) atoms. The van der Waals surface area contributed by atoms with Gasteiger partial charge in [0.1, 0.15) is 6.04 Å². The fourth-order valence-corrected chi connectivity index (χ4v) is 3.08. The zero-order chi connectivity index (χ0) is 7.90. The third-order valence-electron chi connectivity index (χ3n) is 2.42. The molecule has 1 saturated carbocycles. The van der Waals surface area contributed by atoms with E-state index in [4.69, 9.17) is 5.11 Å². The van der Waals surface area contributed by atoms with Crippen LogP contribution >= 0.6 is 11.8 Å². The van der Waals surface area contributed by atoms with Crippen LogP contribution in [0.2, 0.25) is 0 Å². The van der Waals surface area contributed by atoms with Gasteiger partial charge in [-0.2, -0.15) is 0 Å². The van der Waals surface area contributed by atoms with Crippen molar-refractivity contribution in [3.8, 4) is 0 Å². The monoisotopic (exact) mass is 173 g/mol. The first-order valence-electron chi connectivity index (χ1n) is 3.86. The van der Waals surface area contributed by atoms with Gasteiger partial charge in [-0.1, -0.05) is 0 Å². The van der Waals surface area contributed by atoms with E-state index in [1.165, 1.54) is 6.42 Å². The van der Waals surface area contributed by atoms with E-state index >= 15 is 0 Å². The van der Waals surface area contributed by atoms with Gasteiger partial charge in [0.05, 0.1) is 4.87 Å². The molecule has 1 spiro atoms. The van der Waals surface area contributed by atoms with Crippen molar-refractivity contribution in [1.82, 2.24) is 5.32 Å². The quantitative estimate of drug-likeness (QED) is 0.611. The van der Waals surface area contributed by atoms with E-state index in [9.17, 15) is 4.79 Å². The van der Waals surface area contributed by atoms with Crippen LogP contribution in [0, 0.1) is 0 Å². The molecule has 1 unspecified atom stereocenters. The molecule has 1 saturated heterocycles. The van der Waals surface area contributed by atoms with Crippen molar-refractivity contribution in [2.45, 2.75) is 30.2 Å². The number of hydrogen-bond donors (Lipinski definition) is 2. The first-order valence-corrected chi connectivity index (χ1v) is 4.85. The molecule has 0 aromatic heterocycles. The molecule has 2 N–H and O–H groups in total. The standard InChI is InChI=1S/C7H11NO2S/c9-6(10)5-4-11-7(8-5)2-1-3-7/h5,8H,1-4H2,(H,9,10). The molecular formula is C7H11NO2S. The Morgan fingerprint density at radius 3 is 2.64 bits per heavy atom. The predicted octanol–water partition coefficient (Wildman–Crippen LogP) is 0.656. The number of carboxylic acid groups (broad SMARTS) is 1. The Kier molecular flexibility index (Phi) is 1.61. The summed E-state index contributed by atoms with van der Waals surface area (Å²) >= 11 is 1.78. The minimum atomic E-state index is -0.707. The second-order valence-corrected chi connectivity index (χ2v) is 4.60. The SMILES string of the molecule is O=C(O)C1CSC2(CCC2)N1. The van der Waals surface area contributed by atoms with Crippen LogP contribution in [0.25, 0.3) is 0 Å². The highest BCUT2D eigenvalue weighted by Gasteiger charge is 2.45. The lowest BCUT2D eigenvalue weighted by Crippen LogP contribution is -2.49. The summed E-state index contributed by atoms with van der Waals surface area (Å²) in [7, 11) is 0. The summed E-state index contributed by atoms with van der Waals surface area (Å²) in [4.78, 5) is 10.7. The highest BCUT2D eigenvalue weighted by Crippen LogP contribution is 2.45. The smallest absolute Gasteiger partial charge is 0.321 e. The minimum Gasteiger partial charge on any atom is -0.480 e. The Balaban J connectivity index is 1.98. The zero-order valence-electron chi connectivity index (χ0n) is 6.17. The maximum absolute atomic E-state index is 10.6. The van der Waals surface area contributed by atoms with Gasteiger partial charge >= 0.3 is 5.97 Å². The van der Waals surface area contributed by atoms with Crippen LogP contribution in [0.3, 0.4) is 0 Å². The number of rotatable bonds is 1. The normalized spacial score (nSPS) is 33.6. The van der Waals surface area contributed by atoms with Gasteiger partial charge in [0.2, 0.25) is 0 Å². The molecule has 0 amide bonds. The molecule has 0 bridgehead atoms. The molecule has 0 aromatic rings. The van der Waals surface area contributed by atoms with Gasteiger partial charge in [-0.3, -0.25) is 10.1 Å².